The molecule has 0 aliphatic carbocycles. The lowest BCUT2D eigenvalue weighted by molar-refractivity contribution is 0.0787. The molecule has 4 heteroatoms. The third-order valence-electron chi connectivity index (χ3n) is 3.71. The minimum atomic E-state index is -0.0707. The fourth-order valence-corrected chi connectivity index (χ4v) is 2.51. The van der Waals surface area contributed by atoms with Crippen LogP contribution in [0, 0.1) is 11.3 Å². The number of nitriles is 1. The molecule has 0 radical (unpaired) electrons. The summed E-state index contributed by atoms with van der Waals surface area (Å²) in [5.41, 5.74) is 2.90. The number of carbonyl (C=O) groups is 1. The predicted octanol–water partition coefficient (Wildman–Crippen LogP) is 3.38. The van der Waals surface area contributed by atoms with Crippen LogP contribution in [0.4, 0.5) is 0 Å². The highest BCUT2D eigenvalue weighted by molar-refractivity contribution is 6.05. The van der Waals surface area contributed by atoms with E-state index in [9.17, 15) is 4.79 Å². The van der Waals surface area contributed by atoms with Crippen LogP contribution in [-0.2, 0) is 6.54 Å². The first kappa shape index (κ1) is 14.7. The van der Waals surface area contributed by atoms with Crippen molar-refractivity contribution in [1.82, 2.24) is 9.88 Å². The van der Waals surface area contributed by atoms with Crippen LogP contribution in [0.1, 0.15) is 21.5 Å². The SMILES string of the molecule is CN(Cc1ccc(C#N)cc1)C(=O)c1cccc2cccnc12. The highest BCUT2D eigenvalue weighted by Gasteiger charge is 2.15. The van der Waals surface area contributed by atoms with Crippen molar-refractivity contribution in [2.45, 2.75) is 6.54 Å². The van der Waals surface area contributed by atoms with Gasteiger partial charge in [0.05, 0.1) is 22.7 Å². The normalized spacial score (nSPS) is 10.3. The van der Waals surface area contributed by atoms with Gasteiger partial charge in [0.15, 0.2) is 0 Å². The lowest BCUT2D eigenvalue weighted by Crippen LogP contribution is -2.26. The second-order valence-corrected chi connectivity index (χ2v) is 5.35. The van der Waals surface area contributed by atoms with Crippen molar-refractivity contribution in [3.8, 4) is 6.07 Å². The first-order valence-electron chi connectivity index (χ1n) is 7.27. The number of carbonyl (C=O) groups excluding carboxylic acids is 1. The highest BCUT2D eigenvalue weighted by Crippen LogP contribution is 2.18. The largest absolute Gasteiger partial charge is 0.337 e. The van der Waals surface area contributed by atoms with Gasteiger partial charge in [-0.05, 0) is 29.8 Å². The third-order valence-corrected chi connectivity index (χ3v) is 3.71. The standard InChI is InChI=1S/C19H15N3O/c1-22(13-15-9-7-14(12-20)8-10-15)19(23)17-6-2-4-16-5-3-11-21-18(16)17/h2-11H,13H2,1H3. The van der Waals surface area contributed by atoms with Gasteiger partial charge in [-0.25, -0.2) is 0 Å². The summed E-state index contributed by atoms with van der Waals surface area (Å²) in [7, 11) is 1.77. The maximum absolute atomic E-state index is 12.7. The molecule has 0 aliphatic rings. The number of hydrogen-bond donors (Lipinski definition) is 0. The molecule has 3 rings (SSSR count). The van der Waals surface area contributed by atoms with Gasteiger partial charge < -0.3 is 4.90 Å². The van der Waals surface area contributed by atoms with Crippen molar-refractivity contribution < 1.29 is 4.79 Å². The summed E-state index contributed by atoms with van der Waals surface area (Å²) in [6.45, 7) is 0.480. The van der Waals surface area contributed by atoms with Crippen LogP contribution >= 0.6 is 0 Å². The molecule has 4 nitrogen and oxygen atoms in total. The minimum absolute atomic E-state index is 0.0707. The molecule has 0 saturated heterocycles. The Balaban J connectivity index is 1.85. The fraction of sp³-hybridized carbons (Fsp3) is 0.105. The molecule has 0 aliphatic heterocycles. The Morgan fingerprint density at radius 2 is 1.87 bits per heavy atom. The van der Waals surface area contributed by atoms with Crippen LogP contribution in [0.25, 0.3) is 10.9 Å². The molecule has 3 aromatic rings. The predicted molar refractivity (Wildman–Crippen MR) is 88.7 cm³/mol. The van der Waals surface area contributed by atoms with Crippen molar-refractivity contribution in [2.75, 3.05) is 7.05 Å². The first-order valence-corrected chi connectivity index (χ1v) is 7.27. The minimum Gasteiger partial charge on any atom is -0.337 e. The lowest BCUT2D eigenvalue weighted by atomic mass is 10.1. The number of aromatic nitrogens is 1. The topological polar surface area (TPSA) is 57.0 Å². The van der Waals surface area contributed by atoms with E-state index in [0.717, 1.165) is 10.9 Å². The maximum Gasteiger partial charge on any atom is 0.256 e. The molecule has 112 valence electrons. The van der Waals surface area contributed by atoms with Crippen molar-refractivity contribution in [3.63, 3.8) is 0 Å². The van der Waals surface area contributed by atoms with Crippen molar-refractivity contribution in [3.05, 3.63) is 77.5 Å². The van der Waals surface area contributed by atoms with Gasteiger partial charge >= 0.3 is 0 Å². The van der Waals surface area contributed by atoms with Gasteiger partial charge in [-0.3, -0.25) is 9.78 Å². The van der Waals surface area contributed by atoms with Crippen LogP contribution in [0.5, 0.6) is 0 Å². The molecule has 1 aromatic heterocycles. The molecule has 2 aromatic carbocycles. The smallest absolute Gasteiger partial charge is 0.256 e. The molecule has 1 heterocycles. The second kappa shape index (κ2) is 6.29. The summed E-state index contributed by atoms with van der Waals surface area (Å²) >= 11 is 0. The Kier molecular flexibility index (Phi) is 4.03. The summed E-state index contributed by atoms with van der Waals surface area (Å²) in [5.74, 6) is -0.0707. The van der Waals surface area contributed by atoms with E-state index in [4.69, 9.17) is 5.26 Å². The Morgan fingerprint density at radius 1 is 1.13 bits per heavy atom. The van der Waals surface area contributed by atoms with E-state index in [1.807, 2.05) is 36.4 Å². The molecule has 0 bridgehead atoms. The van der Waals surface area contributed by atoms with E-state index in [2.05, 4.69) is 11.1 Å². The molecule has 0 atom stereocenters. The number of rotatable bonds is 3. The monoisotopic (exact) mass is 301 g/mol. The highest BCUT2D eigenvalue weighted by atomic mass is 16.2. The van der Waals surface area contributed by atoms with E-state index in [-0.39, 0.29) is 5.91 Å². The Bertz CT molecular complexity index is 889. The van der Waals surface area contributed by atoms with E-state index in [1.54, 1.807) is 36.3 Å². The van der Waals surface area contributed by atoms with E-state index in [0.29, 0.717) is 23.2 Å². The molecular weight excluding hydrogens is 286 g/mol. The zero-order chi connectivity index (χ0) is 16.2. The zero-order valence-electron chi connectivity index (χ0n) is 12.7. The van der Waals surface area contributed by atoms with Crippen molar-refractivity contribution in [2.24, 2.45) is 0 Å². The average Bonchev–Trinajstić information content (AvgIpc) is 2.61. The second-order valence-electron chi connectivity index (χ2n) is 5.35. The summed E-state index contributed by atoms with van der Waals surface area (Å²) in [4.78, 5) is 18.7. The molecular formula is C19H15N3O. The van der Waals surface area contributed by atoms with Crippen LogP contribution in [0.2, 0.25) is 0 Å². The van der Waals surface area contributed by atoms with E-state index >= 15 is 0 Å². The number of hydrogen-bond acceptors (Lipinski definition) is 3. The number of nitrogens with zero attached hydrogens (tertiary/aromatic N) is 3. The first-order chi connectivity index (χ1) is 11.2. The fourth-order valence-electron chi connectivity index (χ4n) is 2.51. The van der Waals surface area contributed by atoms with Crippen molar-refractivity contribution >= 4 is 16.8 Å². The quantitative estimate of drug-likeness (QED) is 0.745. The molecule has 23 heavy (non-hydrogen) atoms. The Hall–Kier alpha value is -3.19. The zero-order valence-corrected chi connectivity index (χ0v) is 12.7. The van der Waals surface area contributed by atoms with Gasteiger partial charge in [-0.15, -0.1) is 0 Å². The average molecular weight is 301 g/mol. The van der Waals surface area contributed by atoms with Crippen LogP contribution in [0.15, 0.2) is 60.8 Å². The Labute approximate surface area is 134 Å². The summed E-state index contributed by atoms with van der Waals surface area (Å²) in [6, 6.07) is 18.7. The number of fused-ring (bicyclic) bond motifs is 1. The Morgan fingerprint density at radius 3 is 2.61 bits per heavy atom. The summed E-state index contributed by atoms with van der Waals surface area (Å²) < 4.78 is 0. The number of pyridine rings is 1. The van der Waals surface area contributed by atoms with Gasteiger partial charge in [0.2, 0.25) is 0 Å². The van der Waals surface area contributed by atoms with Crippen LogP contribution < -0.4 is 0 Å². The molecule has 0 fully saturated rings. The molecule has 0 saturated carbocycles. The molecule has 0 spiro atoms. The number of para-hydroxylation sites is 1. The van der Waals surface area contributed by atoms with Gasteiger partial charge in [0.1, 0.15) is 0 Å². The molecule has 0 N–H and O–H groups in total. The molecule has 1 amide bonds. The van der Waals surface area contributed by atoms with Gasteiger partial charge in [0.25, 0.3) is 5.91 Å². The van der Waals surface area contributed by atoms with E-state index in [1.165, 1.54) is 0 Å². The molecule has 0 unspecified atom stereocenters. The number of benzene rings is 2. The lowest BCUT2D eigenvalue weighted by Gasteiger charge is -2.18. The van der Waals surface area contributed by atoms with Crippen LogP contribution in [-0.4, -0.2) is 22.8 Å². The maximum atomic E-state index is 12.7. The summed E-state index contributed by atoms with van der Waals surface area (Å²) in [6.07, 6.45) is 1.69. The van der Waals surface area contributed by atoms with Crippen molar-refractivity contribution in [1.29, 1.82) is 5.26 Å². The van der Waals surface area contributed by atoms with Gasteiger partial charge in [0, 0.05) is 25.2 Å². The van der Waals surface area contributed by atoms with Gasteiger partial charge in [-0.1, -0.05) is 30.3 Å². The van der Waals surface area contributed by atoms with Gasteiger partial charge in [-0.2, -0.15) is 5.26 Å². The van der Waals surface area contributed by atoms with E-state index < -0.39 is 0 Å². The van der Waals surface area contributed by atoms with Crippen LogP contribution in [0.3, 0.4) is 0 Å². The number of amides is 1. The summed E-state index contributed by atoms with van der Waals surface area (Å²) in [5, 5.41) is 9.78. The third kappa shape index (κ3) is 3.04.